The summed E-state index contributed by atoms with van der Waals surface area (Å²) in [6.45, 7) is 9.61. The van der Waals surface area contributed by atoms with Gasteiger partial charge in [0.2, 0.25) is 0 Å². The highest BCUT2D eigenvalue weighted by molar-refractivity contribution is 5.48. The van der Waals surface area contributed by atoms with Gasteiger partial charge in [0, 0.05) is 25.8 Å². The fourth-order valence-electron chi connectivity index (χ4n) is 2.59. The number of anilines is 1. The molecule has 0 bridgehead atoms. The number of aryl methyl sites for hydroxylation is 1. The second-order valence-electron chi connectivity index (χ2n) is 5.43. The number of hydrogen-bond donors (Lipinski definition) is 1. The first-order valence-electron chi connectivity index (χ1n) is 6.52. The molecule has 1 atom stereocenters. The summed E-state index contributed by atoms with van der Waals surface area (Å²) in [5, 5.41) is 0. The Bertz CT molecular complexity index is 387. The number of nitrogens with two attached hydrogens (primary N) is 1. The number of nitrogens with zero attached hydrogens (tertiary/aromatic N) is 2. The highest BCUT2D eigenvalue weighted by Gasteiger charge is 2.26. The molecule has 2 N–H and O–H groups in total. The molecule has 0 aliphatic carbocycles. The van der Waals surface area contributed by atoms with E-state index in [2.05, 4.69) is 36.7 Å². The fourth-order valence-corrected chi connectivity index (χ4v) is 2.59. The summed E-state index contributed by atoms with van der Waals surface area (Å²) in [6.07, 6.45) is 3.20. The van der Waals surface area contributed by atoms with Gasteiger partial charge in [-0.15, -0.1) is 0 Å². The van der Waals surface area contributed by atoms with Crippen LogP contribution in [0.5, 0.6) is 0 Å². The van der Waals surface area contributed by atoms with E-state index in [1.54, 1.807) is 0 Å². The van der Waals surface area contributed by atoms with Crippen LogP contribution in [0.1, 0.15) is 31.4 Å². The summed E-state index contributed by atoms with van der Waals surface area (Å²) >= 11 is 0. The van der Waals surface area contributed by atoms with Crippen LogP contribution in [-0.2, 0) is 6.54 Å². The lowest BCUT2D eigenvalue weighted by molar-refractivity contribution is 0.422. The topological polar surface area (TPSA) is 42.1 Å². The van der Waals surface area contributed by atoms with Crippen molar-refractivity contribution < 1.29 is 0 Å². The van der Waals surface area contributed by atoms with Gasteiger partial charge in [-0.1, -0.05) is 13.8 Å². The third kappa shape index (κ3) is 2.60. The van der Waals surface area contributed by atoms with Crippen molar-refractivity contribution in [2.45, 2.75) is 33.7 Å². The molecule has 1 unspecified atom stereocenters. The quantitative estimate of drug-likeness (QED) is 0.871. The molecule has 17 heavy (non-hydrogen) atoms. The maximum atomic E-state index is 5.63. The first-order valence-corrected chi connectivity index (χ1v) is 6.52. The molecule has 2 heterocycles. The molecule has 1 aliphatic rings. The molecule has 2 rings (SSSR count). The van der Waals surface area contributed by atoms with Crippen LogP contribution in [0.3, 0.4) is 0 Å². The minimum absolute atomic E-state index is 0.572. The van der Waals surface area contributed by atoms with Gasteiger partial charge in [0.05, 0.1) is 0 Å². The number of hydrogen-bond acceptors (Lipinski definition) is 3. The molecule has 1 saturated heterocycles. The normalized spacial score (nSPS) is 20.3. The molecule has 1 aromatic heterocycles. The van der Waals surface area contributed by atoms with Crippen molar-refractivity contribution in [3.8, 4) is 0 Å². The van der Waals surface area contributed by atoms with Crippen LogP contribution < -0.4 is 10.6 Å². The van der Waals surface area contributed by atoms with Gasteiger partial charge in [-0.2, -0.15) is 0 Å². The van der Waals surface area contributed by atoms with Crippen molar-refractivity contribution in [1.29, 1.82) is 0 Å². The van der Waals surface area contributed by atoms with Crippen LogP contribution in [0.25, 0.3) is 0 Å². The Morgan fingerprint density at radius 3 is 2.82 bits per heavy atom. The molecule has 1 aliphatic heterocycles. The summed E-state index contributed by atoms with van der Waals surface area (Å²) in [7, 11) is 0. The first kappa shape index (κ1) is 12.4. The average molecular weight is 233 g/mol. The zero-order valence-corrected chi connectivity index (χ0v) is 11.1. The molecule has 0 spiro atoms. The van der Waals surface area contributed by atoms with Gasteiger partial charge in [0.1, 0.15) is 5.82 Å². The summed E-state index contributed by atoms with van der Waals surface area (Å²) < 4.78 is 0. The van der Waals surface area contributed by atoms with Gasteiger partial charge in [0.25, 0.3) is 0 Å². The van der Waals surface area contributed by atoms with Gasteiger partial charge in [0.15, 0.2) is 0 Å². The van der Waals surface area contributed by atoms with E-state index in [0.717, 1.165) is 36.3 Å². The Balaban J connectivity index is 2.13. The monoisotopic (exact) mass is 233 g/mol. The Morgan fingerprint density at radius 1 is 1.53 bits per heavy atom. The molecule has 94 valence electrons. The highest BCUT2D eigenvalue weighted by atomic mass is 15.2. The van der Waals surface area contributed by atoms with Crippen molar-refractivity contribution >= 4 is 5.82 Å². The maximum absolute atomic E-state index is 5.63. The number of rotatable bonds is 3. The van der Waals surface area contributed by atoms with Crippen molar-refractivity contribution in [3.63, 3.8) is 0 Å². The van der Waals surface area contributed by atoms with Crippen molar-refractivity contribution in [2.24, 2.45) is 17.6 Å². The summed E-state index contributed by atoms with van der Waals surface area (Å²) in [5.74, 6) is 2.72. The molecule has 0 radical (unpaired) electrons. The Morgan fingerprint density at radius 2 is 2.29 bits per heavy atom. The van der Waals surface area contributed by atoms with E-state index in [9.17, 15) is 0 Å². The smallest absolute Gasteiger partial charge is 0.131 e. The largest absolute Gasteiger partial charge is 0.356 e. The van der Waals surface area contributed by atoms with Gasteiger partial charge in [-0.25, -0.2) is 4.98 Å². The molecule has 1 fully saturated rings. The minimum Gasteiger partial charge on any atom is -0.356 e. The van der Waals surface area contributed by atoms with E-state index in [4.69, 9.17) is 5.73 Å². The van der Waals surface area contributed by atoms with Crippen LogP contribution in [0.4, 0.5) is 5.82 Å². The molecule has 0 aromatic carbocycles. The summed E-state index contributed by atoms with van der Waals surface area (Å²) in [6, 6.07) is 2.16. The van der Waals surface area contributed by atoms with E-state index < -0.39 is 0 Å². The second kappa shape index (κ2) is 5.05. The first-order chi connectivity index (χ1) is 8.11. The zero-order chi connectivity index (χ0) is 12.4. The average Bonchev–Trinajstić information content (AvgIpc) is 2.78. The van der Waals surface area contributed by atoms with Crippen LogP contribution in [0.2, 0.25) is 0 Å². The molecule has 0 amide bonds. The molecule has 0 saturated carbocycles. The van der Waals surface area contributed by atoms with E-state index in [-0.39, 0.29) is 0 Å². The lowest BCUT2D eigenvalue weighted by atomic mass is 9.95. The van der Waals surface area contributed by atoms with Crippen LogP contribution >= 0.6 is 0 Å². The highest BCUT2D eigenvalue weighted by Crippen LogP contribution is 2.28. The SMILES string of the molecule is Cc1cc(CN)cnc1N1CCC(C(C)C)C1. The fraction of sp³-hybridized carbons (Fsp3) is 0.643. The van der Waals surface area contributed by atoms with Crippen molar-refractivity contribution in [2.75, 3.05) is 18.0 Å². The number of aromatic nitrogens is 1. The van der Waals surface area contributed by atoms with Crippen molar-refractivity contribution in [1.82, 2.24) is 4.98 Å². The Kier molecular flexibility index (Phi) is 3.67. The predicted octanol–water partition coefficient (Wildman–Crippen LogP) is 2.33. The number of pyridine rings is 1. The van der Waals surface area contributed by atoms with Crippen LogP contribution in [0, 0.1) is 18.8 Å². The standard InChI is InChI=1S/C14H23N3/c1-10(2)13-4-5-17(9-13)14-11(3)6-12(7-15)8-16-14/h6,8,10,13H,4-5,7,9,15H2,1-3H3. The van der Waals surface area contributed by atoms with Gasteiger partial charge < -0.3 is 10.6 Å². The van der Waals surface area contributed by atoms with E-state index in [1.807, 2.05) is 6.20 Å². The maximum Gasteiger partial charge on any atom is 0.131 e. The minimum atomic E-state index is 0.572. The predicted molar refractivity (Wildman–Crippen MR) is 72.0 cm³/mol. The summed E-state index contributed by atoms with van der Waals surface area (Å²) in [4.78, 5) is 6.99. The van der Waals surface area contributed by atoms with E-state index in [0.29, 0.717) is 6.54 Å². The molecular weight excluding hydrogens is 210 g/mol. The van der Waals surface area contributed by atoms with Gasteiger partial charge >= 0.3 is 0 Å². The molecule has 3 nitrogen and oxygen atoms in total. The Labute approximate surface area is 104 Å². The zero-order valence-electron chi connectivity index (χ0n) is 11.1. The third-order valence-corrected chi connectivity index (χ3v) is 3.81. The van der Waals surface area contributed by atoms with E-state index >= 15 is 0 Å². The van der Waals surface area contributed by atoms with E-state index in [1.165, 1.54) is 12.0 Å². The van der Waals surface area contributed by atoms with Gasteiger partial charge in [-0.3, -0.25) is 0 Å². The van der Waals surface area contributed by atoms with Gasteiger partial charge in [-0.05, 0) is 42.4 Å². The Hall–Kier alpha value is -1.09. The van der Waals surface area contributed by atoms with Crippen LogP contribution in [0.15, 0.2) is 12.3 Å². The summed E-state index contributed by atoms with van der Waals surface area (Å²) in [5.41, 5.74) is 7.99. The second-order valence-corrected chi connectivity index (χ2v) is 5.43. The van der Waals surface area contributed by atoms with Crippen LogP contribution in [-0.4, -0.2) is 18.1 Å². The molecule has 1 aromatic rings. The lowest BCUT2D eigenvalue weighted by Gasteiger charge is -2.21. The third-order valence-electron chi connectivity index (χ3n) is 3.81. The lowest BCUT2D eigenvalue weighted by Crippen LogP contribution is -2.23. The molecule has 3 heteroatoms. The van der Waals surface area contributed by atoms with Crippen molar-refractivity contribution in [3.05, 3.63) is 23.4 Å². The molecular formula is C14H23N3.